The van der Waals surface area contributed by atoms with E-state index in [1.54, 1.807) is 0 Å². The molecule has 3 heteroatoms. The normalized spacial score (nSPS) is 24.4. The first kappa shape index (κ1) is 13.9. The SMILES string of the molecule is CCCCOCC1CNC1COCCCC. The van der Waals surface area contributed by atoms with Gasteiger partial charge in [0.2, 0.25) is 0 Å². The van der Waals surface area contributed by atoms with E-state index in [4.69, 9.17) is 9.47 Å². The monoisotopic (exact) mass is 229 g/mol. The van der Waals surface area contributed by atoms with Crippen LogP contribution in [0.5, 0.6) is 0 Å². The van der Waals surface area contributed by atoms with Crippen molar-refractivity contribution in [1.82, 2.24) is 5.32 Å². The summed E-state index contributed by atoms with van der Waals surface area (Å²) >= 11 is 0. The van der Waals surface area contributed by atoms with Crippen molar-refractivity contribution >= 4 is 0 Å². The number of nitrogens with one attached hydrogen (secondary N) is 1. The van der Waals surface area contributed by atoms with Crippen LogP contribution in [0.1, 0.15) is 39.5 Å². The summed E-state index contributed by atoms with van der Waals surface area (Å²) in [5.41, 5.74) is 0. The minimum atomic E-state index is 0.526. The van der Waals surface area contributed by atoms with E-state index in [-0.39, 0.29) is 0 Å². The predicted molar refractivity (Wildman–Crippen MR) is 66.7 cm³/mol. The zero-order valence-corrected chi connectivity index (χ0v) is 10.8. The Hall–Kier alpha value is -0.120. The van der Waals surface area contributed by atoms with Gasteiger partial charge in [-0.1, -0.05) is 26.7 Å². The molecule has 0 spiro atoms. The van der Waals surface area contributed by atoms with E-state index >= 15 is 0 Å². The maximum atomic E-state index is 5.64. The smallest absolute Gasteiger partial charge is 0.0623 e. The molecule has 0 aromatic carbocycles. The van der Waals surface area contributed by atoms with Crippen LogP contribution >= 0.6 is 0 Å². The zero-order valence-electron chi connectivity index (χ0n) is 10.8. The Labute approximate surface area is 99.9 Å². The van der Waals surface area contributed by atoms with Crippen molar-refractivity contribution in [3.8, 4) is 0 Å². The Balaban J connectivity index is 1.93. The van der Waals surface area contributed by atoms with E-state index < -0.39 is 0 Å². The molecule has 0 aromatic rings. The first-order valence-corrected chi connectivity index (χ1v) is 6.77. The van der Waals surface area contributed by atoms with Crippen LogP contribution in [0, 0.1) is 5.92 Å². The van der Waals surface area contributed by atoms with Crippen molar-refractivity contribution in [3.63, 3.8) is 0 Å². The van der Waals surface area contributed by atoms with E-state index in [2.05, 4.69) is 19.2 Å². The van der Waals surface area contributed by atoms with Crippen molar-refractivity contribution in [2.45, 2.75) is 45.6 Å². The molecule has 1 rings (SSSR count). The van der Waals surface area contributed by atoms with Gasteiger partial charge in [-0.3, -0.25) is 0 Å². The second-order valence-electron chi connectivity index (χ2n) is 4.63. The summed E-state index contributed by atoms with van der Waals surface area (Å²) < 4.78 is 11.3. The number of hydrogen-bond donors (Lipinski definition) is 1. The third-order valence-electron chi connectivity index (χ3n) is 3.13. The molecule has 1 N–H and O–H groups in total. The molecule has 0 aromatic heterocycles. The van der Waals surface area contributed by atoms with Crippen LogP contribution in [-0.4, -0.2) is 39.0 Å². The Morgan fingerprint density at radius 2 is 1.62 bits per heavy atom. The first-order valence-electron chi connectivity index (χ1n) is 6.77. The van der Waals surface area contributed by atoms with Gasteiger partial charge < -0.3 is 14.8 Å². The molecule has 3 nitrogen and oxygen atoms in total. The molecule has 16 heavy (non-hydrogen) atoms. The summed E-state index contributed by atoms with van der Waals surface area (Å²) in [6.07, 6.45) is 4.77. The maximum absolute atomic E-state index is 5.64. The highest BCUT2D eigenvalue weighted by molar-refractivity contribution is 4.87. The number of rotatable bonds is 10. The van der Waals surface area contributed by atoms with Gasteiger partial charge in [-0.25, -0.2) is 0 Å². The molecule has 1 aliphatic heterocycles. The average molecular weight is 229 g/mol. The second-order valence-corrected chi connectivity index (χ2v) is 4.63. The molecule has 2 atom stereocenters. The van der Waals surface area contributed by atoms with Crippen molar-refractivity contribution in [3.05, 3.63) is 0 Å². The molecule has 2 unspecified atom stereocenters. The molecule has 96 valence electrons. The summed E-state index contributed by atoms with van der Waals surface area (Å²) in [5.74, 6) is 0.665. The number of ether oxygens (including phenoxy) is 2. The predicted octanol–water partition coefficient (Wildman–Crippen LogP) is 2.21. The van der Waals surface area contributed by atoms with E-state index in [9.17, 15) is 0 Å². The van der Waals surface area contributed by atoms with Crippen molar-refractivity contribution in [2.75, 3.05) is 33.0 Å². The van der Waals surface area contributed by atoms with Crippen molar-refractivity contribution < 1.29 is 9.47 Å². The molecule has 0 saturated carbocycles. The van der Waals surface area contributed by atoms with E-state index in [0.717, 1.165) is 33.0 Å². The van der Waals surface area contributed by atoms with Gasteiger partial charge in [0.1, 0.15) is 0 Å². The van der Waals surface area contributed by atoms with Gasteiger partial charge >= 0.3 is 0 Å². The largest absolute Gasteiger partial charge is 0.381 e. The lowest BCUT2D eigenvalue weighted by Gasteiger charge is -2.37. The molecule has 1 heterocycles. The fraction of sp³-hybridized carbons (Fsp3) is 1.00. The van der Waals surface area contributed by atoms with Gasteiger partial charge in [-0.2, -0.15) is 0 Å². The van der Waals surface area contributed by atoms with Gasteiger partial charge in [-0.15, -0.1) is 0 Å². The summed E-state index contributed by atoms with van der Waals surface area (Å²) in [6, 6.07) is 0.526. The summed E-state index contributed by atoms with van der Waals surface area (Å²) in [4.78, 5) is 0. The molecule has 1 aliphatic rings. The molecular weight excluding hydrogens is 202 g/mol. The van der Waals surface area contributed by atoms with Crippen LogP contribution in [0.25, 0.3) is 0 Å². The van der Waals surface area contributed by atoms with Gasteiger partial charge in [0.25, 0.3) is 0 Å². The minimum Gasteiger partial charge on any atom is -0.381 e. The lowest BCUT2D eigenvalue weighted by Crippen LogP contribution is -2.57. The Kier molecular flexibility index (Phi) is 7.81. The highest BCUT2D eigenvalue weighted by Crippen LogP contribution is 2.14. The molecule has 0 aliphatic carbocycles. The van der Waals surface area contributed by atoms with Gasteiger partial charge in [0.15, 0.2) is 0 Å². The quantitative estimate of drug-likeness (QED) is 0.583. The second kappa shape index (κ2) is 8.97. The third-order valence-corrected chi connectivity index (χ3v) is 3.13. The van der Waals surface area contributed by atoms with E-state index in [1.165, 1.54) is 25.7 Å². The average Bonchev–Trinajstić information content (AvgIpc) is 2.27. The minimum absolute atomic E-state index is 0.526. The standard InChI is InChI=1S/C13H27NO2/c1-3-5-7-15-10-12-9-14-13(12)11-16-8-6-4-2/h12-14H,3-11H2,1-2H3. The summed E-state index contributed by atoms with van der Waals surface area (Å²) in [5, 5.41) is 3.41. The first-order chi connectivity index (χ1) is 7.88. The molecule has 0 amide bonds. The number of hydrogen-bond acceptors (Lipinski definition) is 3. The third kappa shape index (κ3) is 5.28. The lowest BCUT2D eigenvalue weighted by atomic mass is 9.93. The molecule has 1 saturated heterocycles. The van der Waals surface area contributed by atoms with Crippen molar-refractivity contribution in [1.29, 1.82) is 0 Å². The van der Waals surface area contributed by atoms with Crippen molar-refractivity contribution in [2.24, 2.45) is 5.92 Å². The molecular formula is C13H27NO2. The van der Waals surface area contributed by atoms with Crippen LogP contribution in [0.15, 0.2) is 0 Å². The zero-order chi connectivity index (χ0) is 11.6. The van der Waals surface area contributed by atoms with Crippen LogP contribution in [0.2, 0.25) is 0 Å². The van der Waals surface area contributed by atoms with Crippen LogP contribution < -0.4 is 5.32 Å². The molecule has 0 radical (unpaired) electrons. The topological polar surface area (TPSA) is 30.5 Å². The Morgan fingerprint density at radius 1 is 1.00 bits per heavy atom. The van der Waals surface area contributed by atoms with E-state index in [1.807, 2.05) is 0 Å². The van der Waals surface area contributed by atoms with Gasteiger partial charge in [0.05, 0.1) is 13.2 Å². The molecule has 1 fully saturated rings. The Morgan fingerprint density at radius 3 is 2.12 bits per heavy atom. The highest BCUT2D eigenvalue weighted by Gasteiger charge is 2.30. The molecule has 0 bridgehead atoms. The van der Waals surface area contributed by atoms with Gasteiger partial charge in [0, 0.05) is 31.7 Å². The van der Waals surface area contributed by atoms with Crippen LogP contribution in [0.4, 0.5) is 0 Å². The van der Waals surface area contributed by atoms with E-state index in [0.29, 0.717) is 12.0 Å². The number of unbranched alkanes of at least 4 members (excludes halogenated alkanes) is 2. The Bertz CT molecular complexity index is 146. The van der Waals surface area contributed by atoms with Crippen LogP contribution in [-0.2, 0) is 9.47 Å². The summed E-state index contributed by atoms with van der Waals surface area (Å²) in [7, 11) is 0. The van der Waals surface area contributed by atoms with Gasteiger partial charge in [-0.05, 0) is 12.8 Å². The fourth-order valence-corrected chi connectivity index (χ4v) is 1.76. The van der Waals surface area contributed by atoms with Crippen LogP contribution in [0.3, 0.4) is 0 Å². The lowest BCUT2D eigenvalue weighted by molar-refractivity contribution is 0.0117. The summed E-state index contributed by atoms with van der Waals surface area (Å²) in [6.45, 7) is 9.03. The maximum Gasteiger partial charge on any atom is 0.0623 e. The fourth-order valence-electron chi connectivity index (χ4n) is 1.76. The highest BCUT2D eigenvalue weighted by atomic mass is 16.5.